The van der Waals surface area contributed by atoms with Crippen molar-refractivity contribution in [1.82, 2.24) is 4.98 Å². The molecule has 1 aromatic heterocycles. The zero-order chi connectivity index (χ0) is 11.3. The molecule has 1 heterocycles. The van der Waals surface area contributed by atoms with E-state index in [1.54, 1.807) is 13.3 Å². The van der Waals surface area contributed by atoms with Gasteiger partial charge in [0.15, 0.2) is 0 Å². The van der Waals surface area contributed by atoms with Crippen molar-refractivity contribution in [1.29, 1.82) is 0 Å². The van der Waals surface area contributed by atoms with E-state index in [4.69, 9.17) is 16.3 Å². The van der Waals surface area contributed by atoms with Gasteiger partial charge < -0.3 is 4.74 Å². The topological polar surface area (TPSA) is 22.1 Å². The largest absolute Gasteiger partial charge is 0.385 e. The second-order valence-electron chi connectivity index (χ2n) is 3.95. The highest BCUT2D eigenvalue weighted by atomic mass is 35.5. The van der Waals surface area contributed by atoms with Crippen molar-refractivity contribution in [3.63, 3.8) is 0 Å². The summed E-state index contributed by atoms with van der Waals surface area (Å²) >= 11 is 6.07. The van der Waals surface area contributed by atoms with Crippen molar-refractivity contribution in [3.8, 4) is 0 Å². The summed E-state index contributed by atoms with van der Waals surface area (Å²) in [6.45, 7) is 5.06. The van der Waals surface area contributed by atoms with E-state index in [-0.39, 0.29) is 0 Å². The van der Waals surface area contributed by atoms with Crippen LogP contribution in [0.1, 0.15) is 37.4 Å². The molecule has 0 saturated heterocycles. The minimum Gasteiger partial charge on any atom is -0.385 e. The molecule has 0 atom stereocenters. The zero-order valence-electron chi connectivity index (χ0n) is 9.59. The fourth-order valence-electron chi connectivity index (χ4n) is 1.48. The maximum atomic E-state index is 6.07. The van der Waals surface area contributed by atoms with E-state index >= 15 is 0 Å². The van der Waals surface area contributed by atoms with Crippen molar-refractivity contribution >= 4 is 11.6 Å². The van der Waals surface area contributed by atoms with Crippen molar-refractivity contribution in [2.75, 3.05) is 13.7 Å². The van der Waals surface area contributed by atoms with Crippen LogP contribution < -0.4 is 0 Å². The lowest BCUT2D eigenvalue weighted by molar-refractivity contribution is 0.195. The van der Waals surface area contributed by atoms with E-state index in [9.17, 15) is 0 Å². The molecule has 0 aliphatic rings. The lowest BCUT2D eigenvalue weighted by Gasteiger charge is -2.09. The van der Waals surface area contributed by atoms with E-state index in [0.717, 1.165) is 30.2 Å². The molecule has 0 aliphatic carbocycles. The van der Waals surface area contributed by atoms with Gasteiger partial charge in [-0.1, -0.05) is 25.4 Å². The van der Waals surface area contributed by atoms with Gasteiger partial charge in [0.25, 0.3) is 0 Å². The number of methoxy groups -OCH3 is 1. The van der Waals surface area contributed by atoms with E-state index in [1.807, 2.05) is 0 Å². The van der Waals surface area contributed by atoms with Gasteiger partial charge in [-0.3, -0.25) is 4.98 Å². The Morgan fingerprint density at radius 3 is 2.80 bits per heavy atom. The first-order valence-electron chi connectivity index (χ1n) is 5.28. The number of ether oxygens (including phenoxy) is 1. The Morgan fingerprint density at radius 1 is 1.47 bits per heavy atom. The third-order valence-electron chi connectivity index (χ3n) is 2.34. The van der Waals surface area contributed by atoms with E-state index in [1.165, 1.54) is 5.56 Å². The van der Waals surface area contributed by atoms with Crippen LogP contribution in [0.4, 0.5) is 0 Å². The van der Waals surface area contributed by atoms with Crippen molar-refractivity contribution < 1.29 is 4.74 Å². The maximum absolute atomic E-state index is 6.07. The van der Waals surface area contributed by atoms with Gasteiger partial charge in [0.2, 0.25) is 0 Å². The third kappa shape index (κ3) is 3.80. The second kappa shape index (κ2) is 6.09. The van der Waals surface area contributed by atoms with Crippen LogP contribution in [0, 0.1) is 0 Å². The number of halogens is 1. The van der Waals surface area contributed by atoms with Gasteiger partial charge in [0.1, 0.15) is 0 Å². The fraction of sp³-hybridized carbons (Fsp3) is 0.583. The summed E-state index contributed by atoms with van der Waals surface area (Å²) in [5.41, 5.74) is 2.28. The zero-order valence-corrected chi connectivity index (χ0v) is 10.3. The monoisotopic (exact) mass is 227 g/mol. The molecular weight excluding hydrogens is 210 g/mol. The number of aromatic nitrogens is 1. The molecule has 1 aromatic rings. The van der Waals surface area contributed by atoms with Crippen LogP contribution in [0.15, 0.2) is 12.3 Å². The molecule has 0 aliphatic heterocycles. The Hall–Kier alpha value is -0.600. The van der Waals surface area contributed by atoms with E-state index in [2.05, 4.69) is 24.9 Å². The number of rotatable bonds is 5. The fourth-order valence-corrected chi connectivity index (χ4v) is 1.80. The van der Waals surface area contributed by atoms with Crippen LogP contribution in [0.2, 0.25) is 5.02 Å². The molecule has 0 aromatic carbocycles. The lowest BCUT2D eigenvalue weighted by atomic mass is 10.0. The molecular formula is C12H18ClNO. The summed E-state index contributed by atoms with van der Waals surface area (Å²) < 4.78 is 5.01. The summed E-state index contributed by atoms with van der Waals surface area (Å²) in [6, 6.07) is 2.10. The SMILES string of the molecule is COCCCc1cc(C(C)C)c(Cl)cn1. The highest BCUT2D eigenvalue weighted by Crippen LogP contribution is 2.24. The van der Waals surface area contributed by atoms with Crippen LogP contribution in [0.3, 0.4) is 0 Å². The molecule has 0 amide bonds. The highest BCUT2D eigenvalue weighted by Gasteiger charge is 2.06. The van der Waals surface area contributed by atoms with Gasteiger partial charge in [-0.25, -0.2) is 0 Å². The highest BCUT2D eigenvalue weighted by molar-refractivity contribution is 6.31. The molecule has 0 fully saturated rings. The Balaban J connectivity index is 2.70. The van der Waals surface area contributed by atoms with Gasteiger partial charge in [-0.15, -0.1) is 0 Å². The normalized spacial score (nSPS) is 11.0. The lowest BCUT2D eigenvalue weighted by Crippen LogP contribution is -1.98. The minimum absolute atomic E-state index is 0.446. The van der Waals surface area contributed by atoms with Crippen LogP contribution in [-0.2, 0) is 11.2 Å². The summed E-state index contributed by atoms with van der Waals surface area (Å²) in [7, 11) is 1.72. The smallest absolute Gasteiger partial charge is 0.0624 e. The molecule has 15 heavy (non-hydrogen) atoms. The predicted molar refractivity (Wildman–Crippen MR) is 63.5 cm³/mol. The molecule has 0 radical (unpaired) electrons. The molecule has 0 spiro atoms. The second-order valence-corrected chi connectivity index (χ2v) is 4.36. The maximum Gasteiger partial charge on any atom is 0.0624 e. The van der Waals surface area contributed by atoms with Crippen molar-refractivity contribution in [2.45, 2.75) is 32.6 Å². The number of hydrogen-bond acceptors (Lipinski definition) is 2. The third-order valence-corrected chi connectivity index (χ3v) is 2.66. The molecule has 84 valence electrons. The van der Waals surface area contributed by atoms with Gasteiger partial charge in [-0.05, 0) is 30.4 Å². The standard InChI is InChI=1S/C12H18ClNO/c1-9(2)11-7-10(5-4-6-15-3)14-8-12(11)13/h7-9H,4-6H2,1-3H3. The van der Waals surface area contributed by atoms with E-state index in [0.29, 0.717) is 5.92 Å². The molecule has 3 heteroatoms. The Kier molecular flexibility index (Phi) is 5.06. The average molecular weight is 228 g/mol. The van der Waals surface area contributed by atoms with Gasteiger partial charge in [0, 0.05) is 25.6 Å². The van der Waals surface area contributed by atoms with Crippen LogP contribution >= 0.6 is 11.6 Å². The molecule has 2 nitrogen and oxygen atoms in total. The first-order chi connectivity index (χ1) is 7.15. The van der Waals surface area contributed by atoms with Crippen LogP contribution in [0.5, 0.6) is 0 Å². The van der Waals surface area contributed by atoms with Crippen LogP contribution in [-0.4, -0.2) is 18.7 Å². The number of hydrogen-bond donors (Lipinski definition) is 0. The first-order valence-corrected chi connectivity index (χ1v) is 5.66. The number of pyridine rings is 1. The Labute approximate surface area is 96.6 Å². The summed E-state index contributed by atoms with van der Waals surface area (Å²) in [6.07, 6.45) is 3.70. The molecule has 0 N–H and O–H groups in total. The summed E-state index contributed by atoms with van der Waals surface area (Å²) in [5, 5.41) is 0.764. The van der Waals surface area contributed by atoms with Crippen molar-refractivity contribution in [3.05, 3.63) is 28.5 Å². The van der Waals surface area contributed by atoms with Gasteiger partial charge >= 0.3 is 0 Å². The Morgan fingerprint density at radius 2 is 2.20 bits per heavy atom. The molecule has 1 rings (SSSR count). The number of aryl methyl sites for hydroxylation is 1. The van der Waals surface area contributed by atoms with Gasteiger partial charge in [-0.2, -0.15) is 0 Å². The van der Waals surface area contributed by atoms with E-state index < -0.39 is 0 Å². The summed E-state index contributed by atoms with van der Waals surface area (Å²) in [5.74, 6) is 0.446. The minimum atomic E-state index is 0.446. The van der Waals surface area contributed by atoms with Crippen molar-refractivity contribution in [2.24, 2.45) is 0 Å². The molecule has 0 saturated carbocycles. The Bertz CT molecular complexity index is 312. The first kappa shape index (κ1) is 12.5. The summed E-state index contributed by atoms with van der Waals surface area (Å²) in [4.78, 5) is 4.31. The van der Waals surface area contributed by atoms with Crippen LogP contribution in [0.25, 0.3) is 0 Å². The quantitative estimate of drug-likeness (QED) is 0.719. The number of nitrogens with zero attached hydrogens (tertiary/aromatic N) is 1. The van der Waals surface area contributed by atoms with Gasteiger partial charge in [0.05, 0.1) is 5.02 Å². The molecule has 0 unspecified atom stereocenters. The predicted octanol–water partition coefficient (Wildman–Crippen LogP) is 3.44. The average Bonchev–Trinajstić information content (AvgIpc) is 2.20. The molecule has 0 bridgehead atoms.